The first kappa shape index (κ1) is 24.0. The molecule has 8 heteroatoms. The number of carbonyl (C=O) groups is 2. The Kier molecular flexibility index (Phi) is 7.34. The lowest BCUT2D eigenvalue weighted by atomic mass is 10.1. The Labute approximate surface area is 205 Å². The normalized spacial score (nSPS) is 14.3. The molecule has 1 aliphatic heterocycles. The number of benzene rings is 2. The van der Waals surface area contributed by atoms with Gasteiger partial charge in [0.1, 0.15) is 5.15 Å². The van der Waals surface area contributed by atoms with Crippen molar-refractivity contribution in [1.82, 2.24) is 19.6 Å². The summed E-state index contributed by atoms with van der Waals surface area (Å²) in [6.07, 6.45) is 0. The summed E-state index contributed by atoms with van der Waals surface area (Å²) in [5.74, 6) is -0.157. The molecule has 0 saturated carbocycles. The lowest BCUT2D eigenvalue weighted by Gasteiger charge is -2.34. The maximum Gasteiger partial charge on any atom is 0.258 e. The first-order chi connectivity index (χ1) is 16.3. The van der Waals surface area contributed by atoms with E-state index in [2.05, 4.69) is 15.3 Å². The fourth-order valence-electron chi connectivity index (χ4n) is 4.20. The molecule has 1 aliphatic rings. The van der Waals surface area contributed by atoms with Gasteiger partial charge in [0.05, 0.1) is 24.3 Å². The summed E-state index contributed by atoms with van der Waals surface area (Å²) in [6, 6.07) is 15.8. The van der Waals surface area contributed by atoms with E-state index in [-0.39, 0.29) is 11.8 Å². The Morgan fingerprint density at radius 3 is 2.38 bits per heavy atom. The minimum Gasteiger partial charge on any atom is -0.336 e. The van der Waals surface area contributed by atoms with E-state index in [0.29, 0.717) is 55.7 Å². The summed E-state index contributed by atoms with van der Waals surface area (Å²) < 4.78 is 1.67. The lowest BCUT2D eigenvalue weighted by molar-refractivity contribution is -0.117. The number of aryl methyl sites for hydroxylation is 2. The molecule has 34 heavy (non-hydrogen) atoms. The molecule has 0 aliphatic carbocycles. The number of nitrogens with one attached hydrogen (secondary N) is 1. The average molecular weight is 480 g/mol. The second-order valence-electron chi connectivity index (χ2n) is 8.76. The zero-order chi connectivity index (χ0) is 24.2. The predicted octanol–water partition coefficient (Wildman–Crippen LogP) is 3.91. The molecule has 2 amide bonds. The zero-order valence-electron chi connectivity index (χ0n) is 19.8. The molecule has 0 atom stereocenters. The molecule has 4 rings (SSSR count). The third-order valence-electron chi connectivity index (χ3n) is 6.36. The van der Waals surface area contributed by atoms with Crippen molar-refractivity contribution < 1.29 is 9.59 Å². The summed E-state index contributed by atoms with van der Waals surface area (Å²) >= 11 is 6.58. The van der Waals surface area contributed by atoms with Crippen LogP contribution in [0, 0.1) is 20.8 Å². The molecule has 2 aromatic carbocycles. The molecule has 1 fully saturated rings. The number of amides is 2. The van der Waals surface area contributed by atoms with Gasteiger partial charge < -0.3 is 10.2 Å². The summed E-state index contributed by atoms with van der Waals surface area (Å²) in [4.78, 5) is 29.7. The molecule has 3 aromatic rings. The summed E-state index contributed by atoms with van der Waals surface area (Å²) in [5, 5.41) is 7.87. The van der Waals surface area contributed by atoms with Crippen molar-refractivity contribution in [2.75, 3.05) is 38.0 Å². The number of anilines is 1. The van der Waals surface area contributed by atoms with Gasteiger partial charge in [0, 0.05) is 31.9 Å². The predicted molar refractivity (Wildman–Crippen MR) is 134 cm³/mol. The highest BCUT2D eigenvalue weighted by molar-refractivity contribution is 6.33. The van der Waals surface area contributed by atoms with Crippen molar-refractivity contribution in [2.24, 2.45) is 0 Å². The fourth-order valence-corrected chi connectivity index (χ4v) is 4.52. The third kappa shape index (κ3) is 5.32. The van der Waals surface area contributed by atoms with Gasteiger partial charge in [-0.15, -0.1) is 0 Å². The standard InChI is InChI=1S/C26H30ClN5O2/c1-18-8-7-11-22(19(18)2)28-23(33)17-30-12-14-31(15-13-30)26(34)24-20(3)29-32(25(24)27)16-21-9-5-4-6-10-21/h4-11H,12-17H2,1-3H3,(H,28,33). The van der Waals surface area contributed by atoms with E-state index in [4.69, 9.17) is 11.6 Å². The largest absolute Gasteiger partial charge is 0.336 e. The molecule has 0 radical (unpaired) electrons. The van der Waals surface area contributed by atoms with Crippen LogP contribution in [-0.2, 0) is 11.3 Å². The van der Waals surface area contributed by atoms with Gasteiger partial charge in [-0.05, 0) is 43.5 Å². The van der Waals surface area contributed by atoms with Gasteiger partial charge in [-0.3, -0.25) is 14.5 Å². The second-order valence-corrected chi connectivity index (χ2v) is 9.12. The van der Waals surface area contributed by atoms with E-state index in [1.54, 1.807) is 9.58 Å². The summed E-state index contributed by atoms with van der Waals surface area (Å²) in [7, 11) is 0. The summed E-state index contributed by atoms with van der Waals surface area (Å²) in [6.45, 7) is 8.98. The van der Waals surface area contributed by atoms with Gasteiger partial charge >= 0.3 is 0 Å². The average Bonchev–Trinajstić information content (AvgIpc) is 3.10. The highest BCUT2D eigenvalue weighted by Crippen LogP contribution is 2.23. The second kappa shape index (κ2) is 10.4. The molecule has 0 spiro atoms. The summed E-state index contributed by atoms with van der Waals surface area (Å²) in [5.41, 5.74) is 5.22. The van der Waals surface area contributed by atoms with Crippen LogP contribution in [0.2, 0.25) is 5.15 Å². The minimum absolute atomic E-state index is 0.0467. The first-order valence-electron chi connectivity index (χ1n) is 11.5. The van der Waals surface area contributed by atoms with Crippen LogP contribution >= 0.6 is 11.6 Å². The van der Waals surface area contributed by atoms with Crippen LogP contribution in [0.25, 0.3) is 0 Å². The SMILES string of the molecule is Cc1cccc(NC(=O)CN2CCN(C(=O)c3c(C)nn(Cc4ccccc4)c3Cl)CC2)c1C. The molecule has 0 unspecified atom stereocenters. The van der Waals surface area contributed by atoms with Crippen molar-refractivity contribution in [1.29, 1.82) is 0 Å². The number of aromatic nitrogens is 2. The van der Waals surface area contributed by atoms with Crippen molar-refractivity contribution in [3.63, 3.8) is 0 Å². The van der Waals surface area contributed by atoms with E-state index in [1.165, 1.54) is 0 Å². The van der Waals surface area contributed by atoms with Gasteiger partial charge in [0.25, 0.3) is 5.91 Å². The van der Waals surface area contributed by atoms with Gasteiger partial charge in [-0.1, -0.05) is 54.1 Å². The Hall–Kier alpha value is -3.16. The Morgan fingerprint density at radius 1 is 0.971 bits per heavy atom. The molecule has 7 nitrogen and oxygen atoms in total. The monoisotopic (exact) mass is 479 g/mol. The molecule has 1 aromatic heterocycles. The van der Waals surface area contributed by atoms with Crippen LogP contribution < -0.4 is 5.32 Å². The zero-order valence-corrected chi connectivity index (χ0v) is 20.6. The molecule has 1 saturated heterocycles. The number of hydrogen-bond acceptors (Lipinski definition) is 4. The van der Waals surface area contributed by atoms with E-state index in [1.807, 2.05) is 69.3 Å². The molecule has 1 N–H and O–H groups in total. The molecule has 0 bridgehead atoms. The molecular formula is C26H30ClN5O2. The van der Waals surface area contributed by atoms with Crippen LogP contribution in [0.15, 0.2) is 48.5 Å². The van der Waals surface area contributed by atoms with Crippen molar-refractivity contribution in [2.45, 2.75) is 27.3 Å². The van der Waals surface area contributed by atoms with Gasteiger partial charge in [-0.25, -0.2) is 4.68 Å². The first-order valence-corrected chi connectivity index (χ1v) is 11.9. The smallest absolute Gasteiger partial charge is 0.258 e. The van der Waals surface area contributed by atoms with Crippen LogP contribution in [0.3, 0.4) is 0 Å². The van der Waals surface area contributed by atoms with Crippen LogP contribution in [0.5, 0.6) is 0 Å². The molecule has 2 heterocycles. The topological polar surface area (TPSA) is 70.5 Å². The number of rotatable bonds is 6. The number of carbonyl (C=O) groups excluding carboxylic acids is 2. The Bertz CT molecular complexity index is 1180. The third-order valence-corrected chi connectivity index (χ3v) is 6.74. The van der Waals surface area contributed by atoms with Crippen LogP contribution in [-0.4, -0.2) is 64.1 Å². The number of piperazine rings is 1. The van der Waals surface area contributed by atoms with Gasteiger partial charge in [-0.2, -0.15) is 5.10 Å². The minimum atomic E-state index is -0.110. The Balaban J connectivity index is 1.34. The maximum absolute atomic E-state index is 13.2. The molecule has 178 valence electrons. The van der Waals surface area contributed by atoms with Gasteiger partial charge in [0.15, 0.2) is 0 Å². The van der Waals surface area contributed by atoms with E-state index >= 15 is 0 Å². The van der Waals surface area contributed by atoms with Crippen molar-refractivity contribution in [3.05, 3.63) is 81.6 Å². The van der Waals surface area contributed by atoms with Crippen molar-refractivity contribution in [3.8, 4) is 0 Å². The number of halogens is 1. The number of hydrogen-bond donors (Lipinski definition) is 1. The van der Waals surface area contributed by atoms with Gasteiger partial charge in [0.2, 0.25) is 5.91 Å². The Morgan fingerprint density at radius 2 is 1.68 bits per heavy atom. The van der Waals surface area contributed by atoms with Crippen molar-refractivity contribution >= 4 is 29.1 Å². The highest BCUT2D eigenvalue weighted by Gasteiger charge is 2.28. The molecular weight excluding hydrogens is 450 g/mol. The quantitative estimate of drug-likeness (QED) is 0.582. The maximum atomic E-state index is 13.2. The van der Waals surface area contributed by atoms with Crippen LogP contribution in [0.4, 0.5) is 5.69 Å². The van der Waals surface area contributed by atoms with E-state index in [9.17, 15) is 9.59 Å². The fraction of sp³-hybridized carbons (Fsp3) is 0.346. The highest BCUT2D eigenvalue weighted by atomic mass is 35.5. The van der Waals surface area contributed by atoms with Crippen LogP contribution in [0.1, 0.15) is 32.7 Å². The lowest BCUT2D eigenvalue weighted by Crippen LogP contribution is -2.50. The number of nitrogens with zero attached hydrogens (tertiary/aromatic N) is 4. The van der Waals surface area contributed by atoms with E-state index < -0.39 is 0 Å². The van der Waals surface area contributed by atoms with E-state index in [0.717, 1.165) is 22.4 Å².